The third-order valence-corrected chi connectivity index (χ3v) is 7.79. The molecule has 2 aromatic carbocycles. The van der Waals surface area contributed by atoms with Crippen molar-refractivity contribution in [1.29, 1.82) is 0 Å². The van der Waals surface area contributed by atoms with Gasteiger partial charge in [-0.05, 0) is 89.5 Å². The molecule has 0 aliphatic heterocycles. The van der Waals surface area contributed by atoms with E-state index in [1.807, 2.05) is 32.0 Å². The van der Waals surface area contributed by atoms with Crippen molar-refractivity contribution < 1.29 is 22.9 Å². The lowest BCUT2D eigenvalue weighted by atomic mass is 9.86. The zero-order valence-corrected chi connectivity index (χ0v) is 21.9. The van der Waals surface area contributed by atoms with Crippen molar-refractivity contribution in [2.45, 2.75) is 84.4 Å². The minimum atomic E-state index is -1.66. The average Bonchev–Trinajstić information content (AvgIpc) is 3.54. The number of hydrogen-bond acceptors (Lipinski definition) is 4. The van der Waals surface area contributed by atoms with Crippen LogP contribution in [0.1, 0.15) is 86.7 Å². The summed E-state index contributed by atoms with van der Waals surface area (Å²) in [4.78, 5) is 12.4. The van der Waals surface area contributed by atoms with E-state index in [0.717, 1.165) is 24.0 Å². The molecular weight excluding hydrogens is 456 g/mol. The lowest BCUT2D eigenvalue weighted by Gasteiger charge is -2.29. The normalized spacial score (nSPS) is 15.8. The molecular formula is C27H35F2NO3S. The van der Waals surface area contributed by atoms with E-state index in [9.17, 15) is 9.35 Å². The lowest BCUT2D eigenvalue weighted by Crippen LogP contribution is -2.42. The van der Waals surface area contributed by atoms with Crippen molar-refractivity contribution in [3.63, 3.8) is 0 Å². The van der Waals surface area contributed by atoms with Gasteiger partial charge >= 0.3 is 5.97 Å². The first-order valence-corrected chi connectivity index (χ1v) is 12.9. The molecule has 1 fully saturated rings. The van der Waals surface area contributed by atoms with Gasteiger partial charge in [-0.25, -0.2) is 8.78 Å². The first-order valence-electron chi connectivity index (χ1n) is 11.8. The van der Waals surface area contributed by atoms with Gasteiger partial charge in [0.2, 0.25) is 0 Å². The van der Waals surface area contributed by atoms with Crippen molar-refractivity contribution in [2.75, 3.05) is 6.61 Å². The maximum atomic E-state index is 16.3. The molecule has 0 radical (unpaired) electrons. The molecule has 186 valence electrons. The molecule has 1 saturated carbocycles. The van der Waals surface area contributed by atoms with E-state index < -0.39 is 39.8 Å². The van der Waals surface area contributed by atoms with Gasteiger partial charge in [0.15, 0.2) is 0 Å². The molecule has 4 nitrogen and oxygen atoms in total. The van der Waals surface area contributed by atoms with Crippen LogP contribution in [0.4, 0.5) is 8.78 Å². The van der Waals surface area contributed by atoms with Crippen LogP contribution in [0.2, 0.25) is 0 Å². The maximum Gasteiger partial charge on any atom is 0.307 e. The van der Waals surface area contributed by atoms with Crippen LogP contribution in [-0.4, -0.2) is 21.9 Å². The number of hydrogen-bond donors (Lipinski definition) is 1. The highest BCUT2D eigenvalue weighted by Crippen LogP contribution is 2.48. The second kappa shape index (κ2) is 10.3. The highest BCUT2D eigenvalue weighted by atomic mass is 32.2. The Kier molecular flexibility index (Phi) is 8.10. The molecule has 0 amide bonds. The van der Waals surface area contributed by atoms with E-state index in [2.05, 4.69) is 4.72 Å². The fourth-order valence-corrected chi connectivity index (χ4v) is 5.13. The minimum Gasteiger partial charge on any atom is -0.598 e. The zero-order chi connectivity index (χ0) is 25.4. The standard InChI is InChI=1S/C27H35F2NO3S/c1-8-33-21(31)14-20(30-34(32)27(5,6)7)24-25(28)22(18-10-11-18)17(4)23(26(24)29)19-12-9-15(2)13-16(19)3/h9,12-13,18,20,30H,8,10-11,14H2,1-7H3/t20-,34?/m0/s1. The van der Waals surface area contributed by atoms with E-state index in [4.69, 9.17) is 4.74 Å². The van der Waals surface area contributed by atoms with Crippen LogP contribution >= 0.6 is 0 Å². The fourth-order valence-electron chi connectivity index (χ4n) is 4.31. The molecule has 0 spiro atoms. The van der Waals surface area contributed by atoms with Gasteiger partial charge in [0.25, 0.3) is 0 Å². The van der Waals surface area contributed by atoms with Crippen LogP contribution in [0.15, 0.2) is 18.2 Å². The molecule has 0 bridgehead atoms. The van der Waals surface area contributed by atoms with Crippen LogP contribution in [-0.2, 0) is 20.9 Å². The van der Waals surface area contributed by atoms with Crippen LogP contribution in [0, 0.1) is 32.4 Å². The molecule has 0 aromatic heterocycles. The number of carbonyl (C=O) groups is 1. The number of nitrogens with one attached hydrogen (secondary N) is 1. The third-order valence-electron chi connectivity index (χ3n) is 6.17. The highest BCUT2D eigenvalue weighted by Gasteiger charge is 2.39. The van der Waals surface area contributed by atoms with Crippen LogP contribution in [0.3, 0.4) is 0 Å². The van der Waals surface area contributed by atoms with Gasteiger partial charge in [-0.1, -0.05) is 23.8 Å². The van der Waals surface area contributed by atoms with Gasteiger partial charge in [0.1, 0.15) is 16.4 Å². The van der Waals surface area contributed by atoms with E-state index in [0.29, 0.717) is 22.3 Å². The summed E-state index contributed by atoms with van der Waals surface area (Å²) in [5, 5.41) is 0. The van der Waals surface area contributed by atoms with Crippen molar-refractivity contribution in [1.82, 2.24) is 4.72 Å². The Morgan fingerprint density at radius 2 is 1.85 bits per heavy atom. The Bertz CT molecular complexity index is 1080. The number of ether oxygens (including phenoxy) is 1. The predicted octanol–water partition coefficient (Wildman–Crippen LogP) is 6.48. The largest absolute Gasteiger partial charge is 0.598 e. The number of rotatable bonds is 8. The molecule has 0 heterocycles. The maximum absolute atomic E-state index is 16.3. The summed E-state index contributed by atoms with van der Waals surface area (Å²) in [6.45, 7) is 12.7. The van der Waals surface area contributed by atoms with Gasteiger partial charge in [0, 0.05) is 22.5 Å². The Balaban J connectivity index is 2.25. The number of carbonyl (C=O) groups excluding carboxylic acids is 1. The lowest BCUT2D eigenvalue weighted by molar-refractivity contribution is -0.143. The van der Waals surface area contributed by atoms with Gasteiger partial charge in [0.05, 0.1) is 19.1 Å². The SMILES string of the molecule is CCOC(=O)C[C@H](N[S+]([O-])C(C)(C)C)c1c(F)c(-c2ccc(C)cc2C)c(C)c(C2CC2)c1F. The molecule has 7 heteroatoms. The molecule has 2 aromatic rings. The van der Waals surface area contributed by atoms with E-state index >= 15 is 8.78 Å². The van der Waals surface area contributed by atoms with Crippen molar-refractivity contribution in [3.05, 3.63) is 57.7 Å². The number of aryl methyl sites for hydroxylation is 2. The summed E-state index contributed by atoms with van der Waals surface area (Å²) < 4.78 is 52.6. The van der Waals surface area contributed by atoms with Gasteiger partial charge in [-0.2, -0.15) is 0 Å². The van der Waals surface area contributed by atoms with Crippen molar-refractivity contribution in [3.8, 4) is 11.1 Å². The molecule has 1 aliphatic carbocycles. The topological polar surface area (TPSA) is 61.4 Å². The van der Waals surface area contributed by atoms with Crippen LogP contribution < -0.4 is 4.72 Å². The summed E-state index contributed by atoms with van der Waals surface area (Å²) in [7, 11) is 0. The molecule has 3 rings (SSSR count). The molecule has 1 unspecified atom stereocenters. The second-order valence-corrected chi connectivity index (χ2v) is 12.1. The summed E-state index contributed by atoms with van der Waals surface area (Å²) >= 11 is -1.66. The van der Waals surface area contributed by atoms with Crippen LogP contribution in [0.25, 0.3) is 11.1 Å². The van der Waals surface area contributed by atoms with E-state index in [1.165, 1.54) is 0 Å². The molecule has 1 aliphatic rings. The molecule has 0 saturated heterocycles. The summed E-state index contributed by atoms with van der Waals surface area (Å²) in [6.07, 6.45) is 1.33. The first kappa shape index (κ1) is 26.6. The highest BCUT2D eigenvalue weighted by molar-refractivity contribution is 7.90. The van der Waals surface area contributed by atoms with Gasteiger partial charge < -0.3 is 9.29 Å². The summed E-state index contributed by atoms with van der Waals surface area (Å²) in [6, 6.07) is 4.60. The Morgan fingerprint density at radius 3 is 2.38 bits per heavy atom. The smallest absolute Gasteiger partial charge is 0.307 e. The van der Waals surface area contributed by atoms with Crippen LogP contribution in [0.5, 0.6) is 0 Å². The first-order chi connectivity index (χ1) is 15.9. The number of benzene rings is 2. The Labute approximate surface area is 204 Å². The quantitative estimate of drug-likeness (QED) is 0.339. The fraction of sp³-hybridized carbons (Fsp3) is 0.519. The second-order valence-electron chi connectivity index (χ2n) is 10.1. The molecule has 34 heavy (non-hydrogen) atoms. The Morgan fingerprint density at radius 1 is 1.21 bits per heavy atom. The monoisotopic (exact) mass is 491 g/mol. The zero-order valence-electron chi connectivity index (χ0n) is 21.1. The minimum absolute atomic E-state index is 0.0141. The van der Waals surface area contributed by atoms with Crippen molar-refractivity contribution in [2.24, 2.45) is 0 Å². The van der Waals surface area contributed by atoms with Gasteiger partial charge in [-0.15, -0.1) is 4.72 Å². The molecule has 2 atom stereocenters. The predicted molar refractivity (Wildman–Crippen MR) is 133 cm³/mol. The average molecular weight is 492 g/mol. The van der Waals surface area contributed by atoms with E-state index in [1.54, 1.807) is 34.6 Å². The summed E-state index contributed by atoms with van der Waals surface area (Å²) in [5.41, 5.74) is 3.79. The van der Waals surface area contributed by atoms with Crippen molar-refractivity contribution >= 4 is 17.3 Å². The number of halogens is 2. The third kappa shape index (κ3) is 5.64. The molecule has 1 N–H and O–H groups in total. The number of esters is 1. The Hall–Kier alpha value is -1.96. The van der Waals surface area contributed by atoms with Gasteiger partial charge in [-0.3, -0.25) is 4.79 Å². The van der Waals surface area contributed by atoms with E-state index in [-0.39, 0.29) is 24.5 Å². The summed E-state index contributed by atoms with van der Waals surface area (Å²) in [5.74, 6) is -1.97.